The highest BCUT2D eigenvalue weighted by atomic mass is 19.1. The van der Waals surface area contributed by atoms with E-state index in [0.717, 1.165) is 6.08 Å². The highest BCUT2D eigenvalue weighted by Gasteiger charge is 2.80. The van der Waals surface area contributed by atoms with E-state index in [1.165, 1.54) is 19.1 Å². The lowest BCUT2D eigenvalue weighted by Crippen LogP contribution is -2.71. The zero-order valence-electron chi connectivity index (χ0n) is 18.7. The van der Waals surface area contributed by atoms with E-state index in [1.54, 1.807) is 20.8 Å². The standard InChI is InChI=1S/C24H30F2O6/c1-20(2)31-19-9-13-14-8-16(25)15-7-12(28)5-6-21(15,3)23(14,26)17(29)10-22(13,4)24(19,32-20)18(30)11-27/h5-7,13-14,16-17,19,27,29H,8-11H2,1-4H3/t13-,14-,16-,17+,19+,21-,22-,23+,24-/m0/s1. The van der Waals surface area contributed by atoms with Crippen molar-refractivity contribution in [3.63, 3.8) is 0 Å². The minimum absolute atomic E-state index is 0.0550. The third-order valence-electron chi connectivity index (χ3n) is 9.18. The van der Waals surface area contributed by atoms with Crippen LogP contribution in [0.4, 0.5) is 8.78 Å². The average molecular weight is 452 g/mol. The normalized spacial score (nSPS) is 53.2. The fourth-order valence-corrected chi connectivity index (χ4v) is 7.92. The van der Waals surface area contributed by atoms with Gasteiger partial charge in [0.2, 0.25) is 0 Å². The molecule has 0 radical (unpaired) electrons. The van der Waals surface area contributed by atoms with Gasteiger partial charge in [-0.3, -0.25) is 9.59 Å². The molecule has 1 heterocycles. The van der Waals surface area contributed by atoms with Gasteiger partial charge in [-0.2, -0.15) is 0 Å². The first-order valence-corrected chi connectivity index (χ1v) is 11.3. The van der Waals surface area contributed by atoms with E-state index < -0.39 is 76.3 Å². The molecule has 5 aliphatic rings. The highest BCUT2D eigenvalue weighted by molar-refractivity contribution is 6.01. The fourth-order valence-electron chi connectivity index (χ4n) is 7.92. The Balaban J connectivity index is 1.66. The van der Waals surface area contributed by atoms with Gasteiger partial charge in [0.1, 0.15) is 12.8 Å². The Bertz CT molecular complexity index is 960. The lowest BCUT2D eigenvalue weighted by molar-refractivity contribution is -0.248. The molecule has 3 saturated carbocycles. The van der Waals surface area contributed by atoms with Gasteiger partial charge in [0.05, 0.1) is 12.2 Å². The summed E-state index contributed by atoms with van der Waals surface area (Å²) in [4.78, 5) is 25.1. The second kappa shape index (κ2) is 6.34. The number of aliphatic hydroxyl groups is 2. The van der Waals surface area contributed by atoms with Crippen LogP contribution in [-0.2, 0) is 19.1 Å². The number of carbonyl (C=O) groups is 2. The monoisotopic (exact) mass is 452 g/mol. The van der Waals surface area contributed by atoms with Crippen LogP contribution >= 0.6 is 0 Å². The van der Waals surface area contributed by atoms with Crippen molar-refractivity contribution in [2.24, 2.45) is 22.7 Å². The molecule has 32 heavy (non-hydrogen) atoms. The molecule has 1 aliphatic heterocycles. The first-order chi connectivity index (χ1) is 14.8. The summed E-state index contributed by atoms with van der Waals surface area (Å²) in [7, 11) is 0. The van der Waals surface area contributed by atoms with Crippen LogP contribution in [0.3, 0.4) is 0 Å². The van der Waals surface area contributed by atoms with Crippen molar-refractivity contribution in [1.29, 1.82) is 0 Å². The Morgan fingerprint density at radius 2 is 1.91 bits per heavy atom. The molecule has 0 amide bonds. The van der Waals surface area contributed by atoms with Crippen LogP contribution < -0.4 is 0 Å². The zero-order valence-corrected chi connectivity index (χ0v) is 18.7. The zero-order chi connectivity index (χ0) is 23.5. The number of ketones is 2. The second-order valence-corrected chi connectivity index (χ2v) is 11.0. The summed E-state index contributed by atoms with van der Waals surface area (Å²) in [6.07, 6.45) is -0.151. The minimum Gasteiger partial charge on any atom is -0.390 e. The smallest absolute Gasteiger partial charge is 0.193 e. The van der Waals surface area contributed by atoms with Crippen molar-refractivity contribution in [2.45, 2.75) is 82.4 Å². The Labute approximate surface area is 185 Å². The van der Waals surface area contributed by atoms with Crippen molar-refractivity contribution in [3.8, 4) is 0 Å². The predicted molar refractivity (Wildman–Crippen MR) is 109 cm³/mol. The van der Waals surface area contributed by atoms with Crippen molar-refractivity contribution >= 4 is 11.6 Å². The van der Waals surface area contributed by atoms with Gasteiger partial charge in [0.15, 0.2) is 28.6 Å². The second-order valence-electron chi connectivity index (χ2n) is 11.0. The summed E-state index contributed by atoms with van der Waals surface area (Å²) in [5.74, 6) is -3.53. The van der Waals surface area contributed by atoms with Crippen molar-refractivity contribution in [2.75, 3.05) is 6.61 Å². The van der Waals surface area contributed by atoms with Gasteiger partial charge in [-0.05, 0) is 63.7 Å². The number of ether oxygens (including phenoxy) is 2. The molecule has 4 fully saturated rings. The number of alkyl halides is 2. The van der Waals surface area contributed by atoms with Gasteiger partial charge < -0.3 is 19.7 Å². The van der Waals surface area contributed by atoms with E-state index in [2.05, 4.69) is 0 Å². The van der Waals surface area contributed by atoms with E-state index in [0.29, 0.717) is 0 Å². The molecule has 6 nitrogen and oxygen atoms in total. The van der Waals surface area contributed by atoms with E-state index >= 15 is 8.78 Å². The van der Waals surface area contributed by atoms with Crippen LogP contribution in [0.25, 0.3) is 0 Å². The molecule has 176 valence electrons. The first-order valence-electron chi connectivity index (χ1n) is 11.3. The van der Waals surface area contributed by atoms with Crippen molar-refractivity contribution in [1.82, 2.24) is 0 Å². The lowest BCUT2D eigenvalue weighted by atomic mass is 9.44. The molecule has 0 unspecified atom stereocenters. The maximum atomic E-state index is 17.1. The molecule has 4 aliphatic carbocycles. The summed E-state index contributed by atoms with van der Waals surface area (Å²) >= 11 is 0. The average Bonchev–Trinajstić information content (AvgIpc) is 3.11. The summed E-state index contributed by atoms with van der Waals surface area (Å²) in [6.45, 7) is 5.87. The number of hydrogen-bond acceptors (Lipinski definition) is 6. The molecule has 2 N–H and O–H groups in total. The van der Waals surface area contributed by atoms with E-state index in [1.807, 2.05) is 0 Å². The van der Waals surface area contributed by atoms with Crippen LogP contribution in [0.1, 0.15) is 47.0 Å². The van der Waals surface area contributed by atoms with Crippen LogP contribution in [0.5, 0.6) is 0 Å². The van der Waals surface area contributed by atoms with Crippen molar-refractivity contribution < 1.29 is 38.1 Å². The van der Waals surface area contributed by atoms with Gasteiger partial charge >= 0.3 is 0 Å². The summed E-state index contributed by atoms with van der Waals surface area (Å²) < 4.78 is 44.8. The molecule has 1 saturated heterocycles. The number of allylic oxidation sites excluding steroid dienone is 4. The van der Waals surface area contributed by atoms with Crippen LogP contribution in [-0.4, -0.2) is 63.8 Å². The summed E-state index contributed by atoms with van der Waals surface area (Å²) in [6, 6.07) is 0. The maximum Gasteiger partial charge on any atom is 0.193 e. The summed E-state index contributed by atoms with van der Waals surface area (Å²) in [5, 5.41) is 21.1. The largest absolute Gasteiger partial charge is 0.390 e. The molecule has 8 heteroatoms. The Hall–Kier alpha value is -1.48. The number of Topliss-reactive ketones (excluding diaryl/α,β-unsaturated/α-hetero) is 1. The molecule has 0 spiro atoms. The first kappa shape index (κ1) is 22.3. The SMILES string of the molecule is CC1(C)O[C@@H]2C[C@H]3[C@@H]4C[C@H](F)C5=CC(=O)C=C[C@]5(C)[C@]4(F)[C@H](O)C[C@]3(C)[C@@]2(C(=O)CO)O1. The molecular weight excluding hydrogens is 422 g/mol. The molecule has 0 aromatic heterocycles. The number of hydrogen-bond donors (Lipinski definition) is 2. The molecule has 5 rings (SSSR count). The topological polar surface area (TPSA) is 93.1 Å². The highest BCUT2D eigenvalue weighted by Crippen LogP contribution is 2.72. The van der Waals surface area contributed by atoms with E-state index in [4.69, 9.17) is 9.47 Å². The van der Waals surface area contributed by atoms with Crippen molar-refractivity contribution in [3.05, 3.63) is 23.8 Å². The number of rotatable bonds is 2. The number of fused-ring (bicyclic) bond motifs is 7. The van der Waals surface area contributed by atoms with Gasteiger partial charge in [0, 0.05) is 16.7 Å². The molecule has 0 aromatic carbocycles. The predicted octanol–water partition coefficient (Wildman–Crippen LogP) is 2.37. The van der Waals surface area contributed by atoms with Gasteiger partial charge in [-0.25, -0.2) is 8.78 Å². The molecule has 0 bridgehead atoms. The van der Waals surface area contributed by atoms with E-state index in [9.17, 15) is 19.8 Å². The quantitative estimate of drug-likeness (QED) is 0.668. The Kier molecular flexibility index (Phi) is 4.42. The lowest BCUT2D eigenvalue weighted by Gasteiger charge is -2.63. The van der Waals surface area contributed by atoms with Gasteiger partial charge in [-0.15, -0.1) is 0 Å². The minimum atomic E-state index is -2.24. The van der Waals surface area contributed by atoms with Gasteiger partial charge in [-0.1, -0.05) is 13.0 Å². The van der Waals surface area contributed by atoms with E-state index in [-0.39, 0.29) is 24.8 Å². The maximum absolute atomic E-state index is 17.1. The molecule has 9 atom stereocenters. The third-order valence-corrected chi connectivity index (χ3v) is 9.18. The number of aliphatic hydroxyl groups excluding tert-OH is 2. The third kappa shape index (κ3) is 2.32. The Morgan fingerprint density at radius 3 is 2.56 bits per heavy atom. The van der Waals surface area contributed by atoms with Crippen LogP contribution in [0.2, 0.25) is 0 Å². The fraction of sp³-hybridized carbons (Fsp3) is 0.750. The number of halogens is 2. The molecular formula is C24H30F2O6. The molecule has 0 aromatic rings. The van der Waals surface area contributed by atoms with Crippen LogP contribution in [0.15, 0.2) is 23.8 Å². The van der Waals surface area contributed by atoms with Gasteiger partial charge in [0.25, 0.3) is 0 Å². The Morgan fingerprint density at radius 1 is 1.22 bits per heavy atom. The number of carbonyl (C=O) groups excluding carboxylic acids is 2. The van der Waals surface area contributed by atoms with Crippen LogP contribution in [0, 0.1) is 22.7 Å². The summed E-state index contributed by atoms with van der Waals surface area (Å²) in [5.41, 5.74) is -6.30.